The van der Waals surface area contributed by atoms with Crippen LogP contribution in [-0.4, -0.2) is 46.4 Å². The molecule has 0 unspecified atom stereocenters. The molecule has 17 heavy (non-hydrogen) atoms. The van der Waals surface area contributed by atoms with Crippen molar-refractivity contribution in [2.24, 2.45) is 0 Å². The van der Waals surface area contributed by atoms with E-state index in [1.807, 2.05) is 0 Å². The van der Waals surface area contributed by atoms with Gasteiger partial charge < -0.3 is 9.84 Å². The summed E-state index contributed by atoms with van der Waals surface area (Å²) in [6.45, 7) is 10.7. The van der Waals surface area contributed by atoms with Crippen molar-refractivity contribution in [1.29, 1.82) is 0 Å². The molecule has 0 spiro atoms. The van der Waals surface area contributed by atoms with Gasteiger partial charge in [0.25, 0.3) is 0 Å². The second kappa shape index (κ2) is 4.52. The first-order valence-corrected chi connectivity index (χ1v) is 6.90. The van der Waals surface area contributed by atoms with Crippen LogP contribution in [0.15, 0.2) is 0 Å². The second-order valence-corrected chi connectivity index (χ2v) is 6.99. The van der Waals surface area contributed by atoms with E-state index in [9.17, 15) is 5.11 Å². The molecule has 2 rings (SSSR count). The van der Waals surface area contributed by atoms with Crippen LogP contribution in [0.5, 0.6) is 0 Å². The second-order valence-electron chi connectivity index (χ2n) is 6.99. The maximum Gasteiger partial charge on any atom is 0.0760 e. The van der Waals surface area contributed by atoms with E-state index < -0.39 is 0 Å². The molecule has 0 atom stereocenters. The molecule has 1 saturated carbocycles. The Kier molecular flexibility index (Phi) is 3.54. The molecule has 0 radical (unpaired) electrons. The zero-order valence-electron chi connectivity index (χ0n) is 11.7. The van der Waals surface area contributed by atoms with Crippen LogP contribution in [0.3, 0.4) is 0 Å². The van der Waals surface area contributed by atoms with E-state index in [-0.39, 0.29) is 17.3 Å². The fourth-order valence-corrected chi connectivity index (χ4v) is 3.53. The Bertz CT molecular complexity index is 251. The molecule has 3 nitrogen and oxygen atoms in total. The van der Waals surface area contributed by atoms with Gasteiger partial charge in [-0.05, 0) is 53.4 Å². The molecule has 1 aliphatic heterocycles. The number of aliphatic hydroxyl groups excluding tert-OH is 1. The van der Waals surface area contributed by atoms with E-state index in [2.05, 4.69) is 32.6 Å². The van der Waals surface area contributed by atoms with Crippen LogP contribution in [0.4, 0.5) is 0 Å². The van der Waals surface area contributed by atoms with E-state index in [1.165, 1.54) is 0 Å². The molecule has 0 aromatic heterocycles. The van der Waals surface area contributed by atoms with Crippen LogP contribution in [0, 0.1) is 0 Å². The monoisotopic (exact) mass is 241 g/mol. The molecule has 2 fully saturated rings. The minimum Gasteiger partial charge on any atom is -0.393 e. The summed E-state index contributed by atoms with van der Waals surface area (Å²) >= 11 is 0. The highest BCUT2D eigenvalue weighted by Gasteiger charge is 2.40. The highest BCUT2D eigenvalue weighted by molar-refractivity contribution is 4.93. The topological polar surface area (TPSA) is 32.7 Å². The molecular weight excluding hydrogens is 214 g/mol. The predicted octanol–water partition coefficient (Wildman–Crippen LogP) is 2.18. The number of ether oxygens (including phenoxy) is 1. The largest absolute Gasteiger partial charge is 0.393 e. The molecular formula is C14H27NO2. The maximum absolute atomic E-state index is 9.59. The zero-order valence-corrected chi connectivity index (χ0v) is 11.7. The summed E-state index contributed by atoms with van der Waals surface area (Å²) < 4.78 is 6.11. The summed E-state index contributed by atoms with van der Waals surface area (Å²) in [5.41, 5.74) is -0.115. The number of hydrogen-bond acceptors (Lipinski definition) is 3. The van der Waals surface area contributed by atoms with E-state index in [0.29, 0.717) is 6.04 Å². The van der Waals surface area contributed by atoms with Gasteiger partial charge in [0, 0.05) is 19.1 Å². The standard InChI is InChI=1S/C14H27NO2/c1-13(2)9-15(10-14(3,4)17-13)11-5-7-12(16)8-6-11/h11-12,16H,5-10H2,1-4H3. The van der Waals surface area contributed by atoms with E-state index in [4.69, 9.17) is 4.74 Å². The fourth-order valence-electron chi connectivity index (χ4n) is 3.53. The lowest BCUT2D eigenvalue weighted by atomic mass is 9.89. The summed E-state index contributed by atoms with van der Waals surface area (Å²) in [6.07, 6.45) is 4.13. The Morgan fingerprint density at radius 3 is 1.88 bits per heavy atom. The smallest absolute Gasteiger partial charge is 0.0760 e. The van der Waals surface area contributed by atoms with Gasteiger partial charge in [0.15, 0.2) is 0 Å². The normalized spacial score (nSPS) is 37.9. The Morgan fingerprint density at radius 1 is 0.941 bits per heavy atom. The van der Waals surface area contributed by atoms with Crippen LogP contribution >= 0.6 is 0 Å². The molecule has 1 aliphatic carbocycles. The minimum atomic E-state index is -0.0617. The summed E-state index contributed by atoms with van der Waals surface area (Å²) in [4.78, 5) is 2.58. The van der Waals surface area contributed by atoms with E-state index in [0.717, 1.165) is 38.8 Å². The predicted molar refractivity (Wildman–Crippen MR) is 69.1 cm³/mol. The number of rotatable bonds is 1. The highest BCUT2D eigenvalue weighted by atomic mass is 16.5. The molecule has 1 heterocycles. The first kappa shape index (κ1) is 13.3. The molecule has 0 bridgehead atoms. The van der Waals surface area contributed by atoms with Crippen LogP contribution in [0.2, 0.25) is 0 Å². The Morgan fingerprint density at radius 2 is 1.41 bits per heavy atom. The van der Waals surface area contributed by atoms with Crippen molar-refractivity contribution in [2.75, 3.05) is 13.1 Å². The van der Waals surface area contributed by atoms with Gasteiger partial charge in [0.2, 0.25) is 0 Å². The van der Waals surface area contributed by atoms with Gasteiger partial charge in [0.05, 0.1) is 17.3 Å². The Labute approximate surface area is 105 Å². The lowest BCUT2D eigenvalue weighted by molar-refractivity contribution is -0.190. The molecule has 0 aromatic carbocycles. The summed E-state index contributed by atoms with van der Waals surface area (Å²) in [7, 11) is 0. The first-order valence-electron chi connectivity index (χ1n) is 6.90. The van der Waals surface area contributed by atoms with Crippen molar-refractivity contribution >= 4 is 0 Å². The average Bonchev–Trinajstić information content (AvgIpc) is 2.13. The van der Waals surface area contributed by atoms with Crippen molar-refractivity contribution < 1.29 is 9.84 Å². The summed E-state index contributed by atoms with van der Waals surface area (Å²) in [5.74, 6) is 0. The van der Waals surface area contributed by atoms with Gasteiger partial charge in [0.1, 0.15) is 0 Å². The van der Waals surface area contributed by atoms with Crippen molar-refractivity contribution in [2.45, 2.75) is 76.7 Å². The number of nitrogens with zero attached hydrogens (tertiary/aromatic N) is 1. The summed E-state index contributed by atoms with van der Waals surface area (Å²) in [5, 5.41) is 9.59. The van der Waals surface area contributed by atoms with Gasteiger partial charge in [-0.15, -0.1) is 0 Å². The molecule has 0 amide bonds. The maximum atomic E-state index is 9.59. The molecule has 100 valence electrons. The van der Waals surface area contributed by atoms with Crippen LogP contribution < -0.4 is 0 Å². The number of hydrogen-bond donors (Lipinski definition) is 1. The lowest BCUT2D eigenvalue weighted by Crippen LogP contribution is -2.60. The van der Waals surface area contributed by atoms with Crippen LogP contribution in [-0.2, 0) is 4.74 Å². The zero-order chi connectivity index (χ0) is 12.7. The van der Waals surface area contributed by atoms with Gasteiger partial charge in [-0.1, -0.05) is 0 Å². The van der Waals surface area contributed by atoms with Crippen LogP contribution in [0.1, 0.15) is 53.4 Å². The fraction of sp³-hybridized carbons (Fsp3) is 1.00. The molecule has 2 aliphatic rings. The third-order valence-corrected chi connectivity index (χ3v) is 3.90. The molecule has 3 heteroatoms. The summed E-state index contributed by atoms with van der Waals surface area (Å²) in [6, 6.07) is 0.640. The molecule has 1 N–H and O–H groups in total. The SMILES string of the molecule is CC1(C)CN(C2CCC(O)CC2)CC(C)(C)O1. The van der Waals surface area contributed by atoms with E-state index >= 15 is 0 Å². The highest BCUT2D eigenvalue weighted by Crippen LogP contribution is 2.32. The number of morpholine rings is 1. The molecule has 1 saturated heterocycles. The Balaban J connectivity index is 2.00. The molecule has 0 aromatic rings. The average molecular weight is 241 g/mol. The minimum absolute atomic E-state index is 0.0577. The van der Waals surface area contributed by atoms with Crippen molar-refractivity contribution in [3.8, 4) is 0 Å². The van der Waals surface area contributed by atoms with Gasteiger partial charge in [-0.2, -0.15) is 0 Å². The Hall–Kier alpha value is -0.120. The van der Waals surface area contributed by atoms with Crippen molar-refractivity contribution in [3.63, 3.8) is 0 Å². The quantitative estimate of drug-likeness (QED) is 0.764. The number of aliphatic hydroxyl groups is 1. The van der Waals surface area contributed by atoms with E-state index in [1.54, 1.807) is 0 Å². The third-order valence-electron chi connectivity index (χ3n) is 3.90. The van der Waals surface area contributed by atoms with Gasteiger partial charge >= 0.3 is 0 Å². The first-order chi connectivity index (χ1) is 7.77. The van der Waals surface area contributed by atoms with Crippen LogP contribution in [0.25, 0.3) is 0 Å². The van der Waals surface area contributed by atoms with Gasteiger partial charge in [-0.3, -0.25) is 4.90 Å². The lowest BCUT2D eigenvalue weighted by Gasteiger charge is -2.50. The van der Waals surface area contributed by atoms with Crippen molar-refractivity contribution in [3.05, 3.63) is 0 Å². The van der Waals surface area contributed by atoms with Gasteiger partial charge in [-0.25, -0.2) is 0 Å². The van der Waals surface area contributed by atoms with Crippen molar-refractivity contribution in [1.82, 2.24) is 4.90 Å². The third kappa shape index (κ3) is 3.43.